The van der Waals surface area contributed by atoms with Crippen molar-refractivity contribution in [2.45, 2.75) is 6.10 Å². The van der Waals surface area contributed by atoms with Gasteiger partial charge >= 0.3 is 0 Å². The predicted molar refractivity (Wildman–Crippen MR) is 81.2 cm³/mol. The van der Waals surface area contributed by atoms with Gasteiger partial charge in [0.05, 0.1) is 18.7 Å². The molecule has 1 saturated heterocycles. The Morgan fingerprint density at radius 1 is 1.45 bits per heavy atom. The molecule has 2 aromatic rings. The van der Waals surface area contributed by atoms with Gasteiger partial charge < -0.3 is 9.64 Å². The molecule has 2 aromatic heterocycles. The first kappa shape index (κ1) is 14.5. The van der Waals surface area contributed by atoms with Gasteiger partial charge in [-0.15, -0.1) is 0 Å². The van der Waals surface area contributed by atoms with E-state index in [1.807, 2.05) is 6.07 Å². The SMILES string of the molecule is N#Cc1cccnc1OC1CN(C(=O)c2cncc(Br)c2)C1. The first-order valence-electron chi connectivity index (χ1n) is 6.59. The Balaban J connectivity index is 1.60. The molecule has 0 aromatic carbocycles. The van der Waals surface area contributed by atoms with Crippen LogP contribution in [0.3, 0.4) is 0 Å². The second-order valence-electron chi connectivity index (χ2n) is 4.81. The summed E-state index contributed by atoms with van der Waals surface area (Å²) in [5.41, 5.74) is 0.923. The molecule has 22 heavy (non-hydrogen) atoms. The molecule has 0 aliphatic carbocycles. The van der Waals surface area contributed by atoms with Crippen LogP contribution in [0.1, 0.15) is 15.9 Å². The summed E-state index contributed by atoms with van der Waals surface area (Å²) in [6, 6.07) is 7.10. The highest BCUT2D eigenvalue weighted by Crippen LogP contribution is 2.21. The average molecular weight is 359 g/mol. The van der Waals surface area contributed by atoms with Crippen LogP contribution in [0, 0.1) is 11.3 Å². The molecular weight excluding hydrogens is 348 g/mol. The molecule has 7 heteroatoms. The third kappa shape index (κ3) is 2.92. The van der Waals surface area contributed by atoms with E-state index < -0.39 is 0 Å². The van der Waals surface area contributed by atoms with Gasteiger partial charge in [-0.3, -0.25) is 9.78 Å². The highest BCUT2D eigenvalue weighted by atomic mass is 79.9. The van der Waals surface area contributed by atoms with E-state index in [1.165, 1.54) is 6.20 Å². The second-order valence-corrected chi connectivity index (χ2v) is 5.73. The summed E-state index contributed by atoms with van der Waals surface area (Å²) in [5.74, 6) is 0.224. The molecule has 1 amide bonds. The lowest BCUT2D eigenvalue weighted by Crippen LogP contribution is -2.56. The maximum absolute atomic E-state index is 12.2. The second kappa shape index (κ2) is 6.12. The zero-order valence-electron chi connectivity index (χ0n) is 11.4. The van der Waals surface area contributed by atoms with E-state index in [9.17, 15) is 4.79 Å². The van der Waals surface area contributed by atoms with E-state index >= 15 is 0 Å². The highest BCUT2D eigenvalue weighted by Gasteiger charge is 2.33. The molecule has 0 spiro atoms. The van der Waals surface area contributed by atoms with Crippen molar-refractivity contribution in [3.63, 3.8) is 0 Å². The largest absolute Gasteiger partial charge is 0.470 e. The summed E-state index contributed by atoms with van der Waals surface area (Å²) >= 11 is 3.29. The topological polar surface area (TPSA) is 79.1 Å². The molecule has 110 valence electrons. The van der Waals surface area contributed by atoms with Gasteiger partial charge in [0.25, 0.3) is 5.91 Å². The Morgan fingerprint density at radius 3 is 3.00 bits per heavy atom. The zero-order valence-corrected chi connectivity index (χ0v) is 13.0. The highest BCUT2D eigenvalue weighted by molar-refractivity contribution is 9.10. The van der Waals surface area contributed by atoms with Crippen LogP contribution in [0.2, 0.25) is 0 Å². The standard InChI is InChI=1S/C15H11BrN4O2/c16-12-4-11(6-18-7-12)15(21)20-8-13(9-20)22-14-10(5-17)2-1-3-19-14/h1-4,6-7,13H,8-9H2. The lowest BCUT2D eigenvalue weighted by Gasteiger charge is -2.38. The number of carbonyl (C=O) groups excluding carboxylic acids is 1. The Bertz CT molecular complexity index is 753. The number of nitrogens with zero attached hydrogens (tertiary/aromatic N) is 4. The van der Waals surface area contributed by atoms with Crippen molar-refractivity contribution in [2.75, 3.05) is 13.1 Å². The Labute approximate surface area is 135 Å². The number of likely N-dealkylation sites (tertiary alicyclic amines) is 1. The van der Waals surface area contributed by atoms with Crippen LogP contribution in [0.5, 0.6) is 5.88 Å². The van der Waals surface area contributed by atoms with E-state index in [2.05, 4.69) is 25.9 Å². The number of pyridine rings is 2. The number of ether oxygens (including phenoxy) is 1. The molecule has 3 heterocycles. The first-order chi connectivity index (χ1) is 10.7. The number of hydrogen-bond donors (Lipinski definition) is 0. The third-order valence-electron chi connectivity index (χ3n) is 3.26. The van der Waals surface area contributed by atoms with Crippen molar-refractivity contribution in [1.29, 1.82) is 5.26 Å². The Hall–Kier alpha value is -2.46. The van der Waals surface area contributed by atoms with Gasteiger partial charge in [-0.05, 0) is 34.1 Å². The van der Waals surface area contributed by atoms with Gasteiger partial charge in [-0.25, -0.2) is 4.98 Å². The van der Waals surface area contributed by atoms with Crippen molar-refractivity contribution >= 4 is 21.8 Å². The van der Waals surface area contributed by atoms with Crippen LogP contribution in [0.15, 0.2) is 41.3 Å². The van der Waals surface area contributed by atoms with Crippen molar-refractivity contribution in [1.82, 2.24) is 14.9 Å². The van der Waals surface area contributed by atoms with E-state index in [0.29, 0.717) is 30.1 Å². The van der Waals surface area contributed by atoms with Gasteiger partial charge in [-0.1, -0.05) is 0 Å². The van der Waals surface area contributed by atoms with Gasteiger partial charge in [0.15, 0.2) is 0 Å². The molecule has 0 bridgehead atoms. The normalized spacial score (nSPS) is 14.1. The van der Waals surface area contributed by atoms with Gasteiger partial charge in [0.2, 0.25) is 5.88 Å². The lowest BCUT2D eigenvalue weighted by atomic mass is 10.1. The first-order valence-corrected chi connectivity index (χ1v) is 7.38. The van der Waals surface area contributed by atoms with Gasteiger partial charge in [0.1, 0.15) is 17.7 Å². The van der Waals surface area contributed by atoms with Gasteiger partial charge in [-0.2, -0.15) is 5.26 Å². The van der Waals surface area contributed by atoms with Crippen LogP contribution in [0.25, 0.3) is 0 Å². The number of carbonyl (C=O) groups is 1. The predicted octanol–water partition coefficient (Wildman–Crippen LogP) is 2.01. The minimum absolute atomic E-state index is 0.0878. The fourth-order valence-corrected chi connectivity index (χ4v) is 2.48. The van der Waals surface area contributed by atoms with E-state index in [1.54, 1.807) is 35.5 Å². The van der Waals surface area contributed by atoms with Crippen molar-refractivity contribution in [2.24, 2.45) is 0 Å². The minimum Gasteiger partial charge on any atom is -0.470 e. The fraction of sp³-hybridized carbons (Fsp3) is 0.200. The Kier molecular flexibility index (Phi) is 4.02. The quantitative estimate of drug-likeness (QED) is 0.838. The number of nitriles is 1. The van der Waals surface area contributed by atoms with Crippen LogP contribution in [0.4, 0.5) is 0 Å². The zero-order chi connectivity index (χ0) is 15.5. The molecule has 1 aliphatic heterocycles. The number of amides is 1. The molecule has 1 aliphatic rings. The van der Waals surface area contributed by atoms with Crippen LogP contribution in [-0.2, 0) is 0 Å². The molecule has 6 nitrogen and oxygen atoms in total. The molecule has 0 radical (unpaired) electrons. The molecular formula is C15H11BrN4O2. The van der Waals surface area contributed by atoms with Gasteiger partial charge in [0, 0.05) is 23.1 Å². The van der Waals surface area contributed by atoms with Crippen molar-refractivity contribution in [3.8, 4) is 11.9 Å². The smallest absolute Gasteiger partial charge is 0.255 e. The van der Waals surface area contributed by atoms with E-state index in [0.717, 1.165) is 4.47 Å². The maximum Gasteiger partial charge on any atom is 0.255 e. The summed E-state index contributed by atoms with van der Waals surface area (Å²) < 4.78 is 6.42. The summed E-state index contributed by atoms with van der Waals surface area (Å²) in [6.45, 7) is 0.930. The summed E-state index contributed by atoms with van der Waals surface area (Å²) in [5, 5.41) is 8.99. The van der Waals surface area contributed by atoms with E-state index in [4.69, 9.17) is 10.00 Å². The number of aromatic nitrogens is 2. The molecule has 0 atom stereocenters. The van der Waals surface area contributed by atoms with Crippen molar-refractivity contribution in [3.05, 3.63) is 52.4 Å². The molecule has 3 rings (SSSR count). The van der Waals surface area contributed by atoms with E-state index in [-0.39, 0.29) is 12.0 Å². The lowest BCUT2D eigenvalue weighted by molar-refractivity contribution is 0.0158. The number of halogens is 1. The van der Waals surface area contributed by atoms with Crippen LogP contribution >= 0.6 is 15.9 Å². The molecule has 0 saturated carbocycles. The summed E-state index contributed by atoms with van der Waals surface area (Å²) in [6.07, 6.45) is 4.59. The van der Waals surface area contributed by atoms with Crippen LogP contribution in [-0.4, -0.2) is 40.0 Å². The number of hydrogen-bond acceptors (Lipinski definition) is 5. The fourth-order valence-electron chi connectivity index (χ4n) is 2.12. The van der Waals surface area contributed by atoms with Crippen molar-refractivity contribution < 1.29 is 9.53 Å². The molecule has 0 unspecified atom stereocenters. The Morgan fingerprint density at radius 2 is 2.27 bits per heavy atom. The minimum atomic E-state index is -0.147. The van der Waals surface area contributed by atoms with Crippen LogP contribution < -0.4 is 4.74 Å². The third-order valence-corrected chi connectivity index (χ3v) is 3.69. The maximum atomic E-state index is 12.2. The summed E-state index contributed by atoms with van der Waals surface area (Å²) in [7, 11) is 0. The molecule has 1 fully saturated rings. The average Bonchev–Trinajstić information content (AvgIpc) is 2.50. The number of rotatable bonds is 3. The monoisotopic (exact) mass is 358 g/mol. The summed E-state index contributed by atoms with van der Waals surface area (Å²) in [4.78, 5) is 21.9. The molecule has 0 N–H and O–H groups in total.